The maximum absolute atomic E-state index is 14.9. The molecule has 1 aliphatic heterocycles. The number of hydrogen-bond donors (Lipinski definition) is 1. The summed E-state index contributed by atoms with van der Waals surface area (Å²) < 4.78 is 68.0. The first-order valence-corrected chi connectivity index (χ1v) is 11.9. The van der Waals surface area contributed by atoms with Crippen LogP contribution in [0.25, 0.3) is 22.2 Å². The Balaban J connectivity index is 1.73. The van der Waals surface area contributed by atoms with Crippen LogP contribution in [-0.2, 0) is 18.0 Å². The number of hydrogen-bond acceptors (Lipinski definition) is 9. The van der Waals surface area contributed by atoms with Crippen molar-refractivity contribution in [2.45, 2.75) is 26.1 Å². The third-order valence-corrected chi connectivity index (χ3v) is 6.39. The summed E-state index contributed by atoms with van der Waals surface area (Å²) in [5, 5.41) is 16.7. The molecule has 1 fully saturated rings. The molecule has 39 heavy (non-hydrogen) atoms. The quantitative estimate of drug-likeness (QED) is 0.375. The van der Waals surface area contributed by atoms with Crippen LogP contribution in [0.4, 0.5) is 23.4 Å². The Morgan fingerprint density at radius 2 is 1.82 bits per heavy atom. The molecule has 206 valence electrons. The van der Waals surface area contributed by atoms with E-state index in [0.29, 0.717) is 32.4 Å². The summed E-state index contributed by atoms with van der Waals surface area (Å²) in [7, 11) is 1.35. The van der Waals surface area contributed by atoms with Gasteiger partial charge in [-0.15, -0.1) is 10.2 Å². The van der Waals surface area contributed by atoms with Crippen molar-refractivity contribution in [2.75, 3.05) is 36.6 Å². The number of anilines is 1. The molecule has 0 aliphatic carbocycles. The van der Waals surface area contributed by atoms with Gasteiger partial charge in [-0.05, 0) is 13.0 Å². The number of nitrogens with one attached hydrogen (secondary N) is 1. The molecular weight excluding hydrogens is 526 g/mol. The fraction of sp³-hybridized carbons (Fsp3) is 0.375. The molecule has 1 N–H and O–H groups in total. The van der Waals surface area contributed by atoms with E-state index >= 15 is 0 Å². The standard InChI is InChI=1S/C24H23F4N7O4/c1-12(14-5-4-6-16(19(14)25)24(26,27)28)29-20-15-11-35(34-7-9-38-10-8-34)23(37)18(21-31-30-13(2)39-21)17(15)22(36)33(3)32-20/h4-6,11-12H,7-10H2,1-3H3,(H,29,32)/t12-/m1/s1. The molecular formula is C24H23F4N7O4. The molecule has 5 rings (SSSR count). The Labute approximate surface area is 217 Å². The van der Waals surface area contributed by atoms with Crippen molar-refractivity contribution in [3.8, 4) is 11.5 Å². The first kappa shape index (κ1) is 26.3. The van der Waals surface area contributed by atoms with E-state index in [1.54, 1.807) is 5.01 Å². The van der Waals surface area contributed by atoms with E-state index in [4.69, 9.17) is 9.15 Å². The second-order valence-electron chi connectivity index (χ2n) is 8.98. The van der Waals surface area contributed by atoms with Gasteiger partial charge in [-0.3, -0.25) is 9.59 Å². The lowest BCUT2D eigenvalue weighted by Gasteiger charge is -2.30. The summed E-state index contributed by atoms with van der Waals surface area (Å²) in [5.41, 5.74) is -3.07. The molecule has 1 aromatic carbocycles. The molecule has 0 unspecified atom stereocenters. The van der Waals surface area contributed by atoms with Crippen molar-refractivity contribution in [3.63, 3.8) is 0 Å². The second-order valence-corrected chi connectivity index (χ2v) is 8.98. The molecule has 0 spiro atoms. The highest BCUT2D eigenvalue weighted by Crippen LogP contribution is 2.35. The highest BCUT2D eigenvalue weighted by Gasteiger charge is 2.35. The summed E-state index contributed by atoms with van der Waals surface area (Å²) in [6.45, 7) is 4.41. The average Bonchev–Trinajstić information content (AvgIpc) is 3.32. The number of benzene rings is 1. The molecule has 0 saturated carbocycles. The van der Waals surface area contributed by atoms with E-state index in [2.05, 4.69) is 20.6 Å². The number of fused-ring (bicyclic) bond motifs is 1. The molecule has 0 radical (unpaired) electrons. The predicted octanol–water partition coefficient (Wildman–Crippen LogP) is 2.75. The van der Waals surface area contributed by atoms with Crippen LogP contribution in [0.15, 0.2) is 38.4 Å². The summed E-state index contributed by atoms with van der Waals surface area (Å²) >= 11 is 0. The van der Waals surface area contributed by atoms with Gasteiger partial charge in [0.2, 0.25) is 5.89 Å². The minimum atomic E-state index is -4.88. The predicted molar refractivity (Wildman–Crippen MR) is 131 cm³/mol. The number of rotatable bonds is 5. The number of alkyl halides is 3. The van der Waals surface area contributed by atoms with Gasteiger partial charge < -0.3 is 19.5 Å². The van der Waals surface area contributed by atoms with Crippen LogP contribution in [0.2, 0.25) is 0 Å². The third-order valence-electron chi connectivity index (χ3n) is 6.39. The highest BCUT2D eigenvalue weighted by atomic mass is 19.4. The maximum Gasteiger partial charge on any atom is 0.419 e. The molecule has 1 atom stereocenters. The van der Waals surface area contributed by atoms with Crippen LogP contribution in [0.5, 0.6) is 0 Å². The topological polar surface area (TPSA) is 120 Å². The molecule has 4 aromatic rings. The van der Waals surface area contributed by atoms with Crippen molar-refractivity contribution < 1.29 is 26.7 Å². The van der Waals surface area contributed by atoms with E-state index in [-0.39, 0.29) is 39.5 Å². The Morgan fingerprint density at radius 1 is 1.10 bits per heavy atom. The SMILES string of the molecule is Cc1nnc(-c2c(=O)n(N3CCOCC3)cc3c(N[C@H](C)c4cccc(C(F)(F)F)c4F)nn(C)c(=O)c23)o1. The number of aryl methyl sites for hydroxylation is 2. The Morgan fingerprint density at radius 3 is 2.46 bits per heavy atom. The van der Waals surface area contributed by atoms with Crippen molar-refractivity contribution in [1.29, 1.82) is 0 Å². The van der Waals surface area contributed by atoms with Gasteiger partial charge in [0, 0.05) is 25.7 Å². The van der Waals surface area contributed by atoms with Gasteiger partial charge in [0.25, 0.3) is 17.0 Å². The van der Waals surface area contributed by atoms with Crippen molar-refractivity contribution in [3.05, 3.63) is 67.9 Å². The van der Waals surface area contributed by atoms with Gasteiger partial charge in [-0.25, -0.2) is 13.7 Å². The van der Waals surface area contributed by atoms with Crippen LogP contribution in [-0.4, -0.2) is 51.0 Å². The summed E-state index contributed by atoms with van der Waals surface area (Å²) in [4.78, 5) is 27.0. The fourth-order valence-corrected chi connectivity index (χ4v) is 4.48. The van der Waals surface area contributed by atoms with Crippen LogP contribution in [0.3, 0.4) is 0 Å². The number of aromatic nitrogens is 5. The zero-order valence-corrected chi connectivity index (χ0v) is 21.0. The van der Waals surface area contributed by atoms with Gasteiger partial charge in [-0.1, -0.05) is 12.1 Å². The van der Waals surface area contributed by atoms with Gasteiger partial charge >= 0.3 is 6.18 Å². The average molecular weight is 549 g/mol. The zero-order valence-electron chi connectivity index (χ0n) is 21.0. The van der Waals surface area contributed by atoms with Crippen LogP contribution in [0.1, 0.15) is 30.0 Å². The van der Waals surface area contributed by atoms with Gasteiger partial charge in [0.15, 0.2) is 5.82 Å². The summed E-state index contributed by atoms with van der Waals surface area (Å²) in [6.07, 6.45) is -3.48. The molecule has 4 heterocycles. The van der Waals surface area contributed by atoms with Gasteiger partial charge in [0.1, 0.15) is 11.4 Å². The highest BCUT2D eigenvalue weighted by molar-refractivity contribution is 5.99. The number of nitrogens with zero attached hydrogens (tertiary/aromatic N) is 6. The fourth-order valence-electron chi connectivity index (χ4n) is 4.48. The lowest BCUT2D eigenvalue weighted by Crippen LogP contribution is -2.49. The van der Waals surface area contributed by atoms with E-state index in [9.17, 15) is 27.2 Å². The van der Waals surface area contributed by atoms with E-state index in [0.717, 1.165) is 10.7 Å². The Bertz CT molecular complexity index is 1670. The van der Waals surface area contributed by atoms with Gasteiger partial charge in [-0.2, -0.15) is 18.3 Å². The monoisotopic (exact) mass is 549 g/mol. The molecule has 11 nitrogen and oxygen atoms in total. The minimum Gasteiger partial charge on any atom is -0.421 e. The second kappa shape index (κ2) is 9.80. The largest absolute Gasteiger partial charge is 0.421 e. The number of pyridine rings is 1. The zero-order chi connectivity index (χ0) is 28.1. The van der Waals surface area contributed by atoms with Crippen molar-refractivity contribution >= 4 is 16.6 Å². The Hall–Kier alpha value is -4.27. The smallest absolute Gasteiger partial charge is 0.419 e. The van der Waals surface area contributed by atoms with Crippen molar-refractivity contribution in [2.24, 2.45) is 7.05 Å². The minimum absolute atomic E-state index is 0.0240. The van der Waals surface area contributed by atoms with E-state index in [1.807, 2.05) is 0 Å². The number of morpholine rings is 1. The molecule has 1 saturated heterocycles. The summed E-state index contributed by atoms with van der Waals surface area (Å²) in [5.74, 6) is -1.42. The molecule has 15 heteroatoms. The van der Waals surface area contributed by atoms with Crippen LogP contribution in [0, 0.1) is 12.7 Å². The molecule has 1 aliphatic rings. The Kier molecular flexibility index (Phi) is 6.62. The van der Waals surface area contributed by atoms with Crippen LogP contribution >= 0.6 is 0 Å². The first-order chi connectivity index (χ1) is 18.5. The van der Waals surface area contributed by atoms with Crippen molar-refractivity contribution in [1.82, 2.24) is 24.7 Å². The third kappa shape index (κ3) is 4.73. The maximum atomic E-state index is 14.9. The lowest BCUT2D eigenvalue weighted by atomic mass is 10.0. The van der Waals surface area contributed by atoms with Gasteiger partial charge in [0.05, 0.1) is 48.7 Å². The van der Waals surface area contributed by atoms with E-state index < -0.39 is 34.7 Å². The normalized spacial score (nSPS) is 15.1. The summed E-state index contributed by atoms with van der Waals surface area (Å²) in [6, 6.07) is 1.98. The molecule has 0 bridgehead atoms. The molecule has 3 aromatic heterocycles. The lowest BCUT2D eigenvalue weighted by molar-refractivity contribution is -0.140. The number of ether oxygens (including phenoxy) is 1. The first-order valence-electron chi connectivity index (χ1n) is 11.9. The van der Waals surface area contributed by atoms with Crippen LogP contribution < -0.4 is 21.4 Å². The van der Waals surface area contributed by atoms with E-state index in [1.165, 1.54) is 37.8 Å². The number of halogens is 4. The molecule has 0 amide bonds.